The number of rotatable bonds is 6. The lowest BCUT2D eigenvalue weighted by Crippen LogP contribution is -2.33. The van der Waals surface area contributed by atoms with Crippen LogP contribution in [0.1, 0.15) is 35.6 Å². The highest BCUT2D eigenvalue weighted by atomic mass is 19.1. The predicted octanol–water partition coefficient (Wildman–Crippen LogP) is 3.05. The molecular formula is C18H18FN3O3. The van der Waals surface area contributed by atoms with Crippen molar-refractivity contribution >= 4 is 5.91 Å². The maximum Gasteiger partial charge on any atom is 0.255 e. The number of benzene rings is 1. The second-order valence-corrected chi connectivity index (χ2v) is 5.81. The summed E-state index contributed by atoms with van der Waals surface area (Å²) < 4.78 is 18.2. The number of hydrogen-bond donors (Lipinski definition) is 3. The summed E-state index contributed by atoms with van der Waals surface area (Å²) in [6, 6.07) is 8.88. The minimum absolute atomic E-state index is 0.288. The van der Waals surface area contributed by atoms with Crippen molar-refractivity contribution in [3.05, 3.63) is 66.0 Å². The molecule has 6 nitrogen and oxygen atoms in total. The molecule has 2 heterocycles. The van der Waals surface area contributed by atoms with E-state index in [1.54, 1.807) is 31.2 Å². The number of H-pyrrole nitrogens is 1. The van der Waals surface area contributed by atoms with E-state index in [-0.39, 0.29) is 17.8 Å². The van der Waals surface area contributed by atoms with Gasteiger partial charge in [0.05, 0.1) is 23.7 Å². The minimum atomic E-state index is -0.800. The Labute approximate surface area is 143 Å². The third kappa shape index (κ3) is 3.95. The second-order valence-electron chi connectivity index (χ2n) is 5.81. The van der Waals surface area contributed by atoms with Crippen molar-refractivity contribution in [2.75, 3.05) is 0 Å². The van der Waals surface area contributed by atoms with E-state index in [4.69, 9.17) is 4.42 Å². The lowest BCUT2D eigenvalue weighted by atomic mass is 10.1. The van der Waals surface area contributed by atoms with Gasteiger partial charge in [-0.25, -0.2) is 4.39 Å². The average molecular weight is 343 g/mol. The maximum absolute atomic E-state index is 13.1. The Kier molecular flexibility index (Phi) is 4.95. The van der Waals surface area contributed by atoms with Crippen LogP contribution in [0.4, 0.5) is 4.39 Å². The van der Waals surface area contributed by atoms with Gasteiger partial charge in [0.2, 0.25) is 0 Å². The fraction of sp³-hybridized carbons (Fsp3) is 0.222. The number of nitrogens with zero attached hydrogens (tertiary/aromatic N) is 1. The molecule has 0 bridgehead atoms. The summed E-state index contributed by atoms with van der Waals surface area (Å²) >= 11 is 0. The van der Waals surface area contributed by atoms with Crippen molar-refractivity contribution in [2.45, 2.75) is 25.5 Å². The second kappa shape index (κ2) is 7.31. The fourth-order valence-corrected chi connectivity index (χ4v) is 2.59. The SMILES string of the molecule is CC(CC(O)c1ccco1)NC(=O)c1cn[nH]c1-c1ccc(F)cc1. The first-order valence-corrected chi connectivity index (χ1v) is 7.86. The van der Waals surface area contributed by atoms with Crippen molar-refractivity contribution in [1.29, 1.82) is 0 Å². The summed E-state index contributed by atoms with van der Waals surface area (Å²) in [5.41, 5.74) is 1.52. The molecule has 2 unspecified atom stereocenters. The zero-order chi connectivity index (χ0) is 17.8. The zero-order valence-electron chi connectivity index (χ0n) is 13.6. The molecule has 2 atom stereocenters. The molecule has 3 N–H and O–H groups in total. The van der Waals surface area contributed by atoms with Crippen molar-refractivity contribution in [3.63, 3.8) is 0 Å². The summed E-state index contributed by atoms with van der Waals surface area (Å²) in [7, 11) is 0. The Hall–Kier alpha value is -2.93. The van der Waals surface area contributed by atoms with Crippen molar-refractivity contribution < 1.29 is 18.7 Å². The molecule has 0 aliphatic carbocycles. The van der Waals surface area contributed by atoms with E-state index in [1.807, 2.05) is 0 Å². The van der Waals surface area contributed by atoms with Gasteiger partial charge in [-0.1, -0.05) is 0 Å². The first-order chi connectivity index (χ1) is 12.0. The Bertz CT molecular complexity index is 828. The Morgan fingerprint density at radius 2 is 2.12 bits per heavy atom. The highest BCUT2D eigenvalue weighted by Crippen LogP contribution is 2.22. The van der Waals surface area contributed by atoms with Crippen LogP contribution in [0.2, 0.25) is 0 Å². The molecule has 25 heavy (non-hydrogen) atoms. The zero-order valence-corrected chi connectivity index (χ0v) is 13.6. The van der Waals surface area contributed by atoms with Crippen LogP contribution >= 0.6 is 0 Å². The van der Waals surface area contributed by atoms with Crippen LogP contribution in [0.15, 0.2) is 53.3 Å². The van der Waals surface area contributed by atoms with E-state index in [0.29, 0.717) is 29.0 Å². The molecule has 0 radical (unpaired) electrons. The van der Waals surface area contributed by atoms with Gasteiger partial charge in [0.1, 0.15) is 17.7 Å². The Balaban J connectivity index is 1.67. The van der Waals surface area contributed by atoms with E-state index in [0.717, 1.165) is 0 Å². The van der Waals surface area contributed by atoms with Crippen molar-refractivity contribution in [3.8, 4) is 11.3 Å². The van der Waals surface area contributed by atoms with E-state index < -0.39 is 6.10 Å². The monoisotopic (exact) mass is 343 g/mol. The summed E-state index contributed by atoms with van der Waals surface area (Å²) in [4.78, 5) is 12.5. The quantitative estimate of drug-likeness (QED) is 0.641. The van der Waals surface area contributed by atoms with Crippen LogP contribution in [-0.4, -0.2) is 27.3 Å². The van der Waals surface area contributed by atoms with Gasteiger partial charge in [-0.15, -0.1) is 0 Å². The summed E-state index contributed by atoms with van der Waals surface area (Å²) in [6.45, 7) is 1.79. The topological polar surface area (TPSA) is 91.2 Å². The summed E-state index contributed by atoms with van der Waals surface area (Å²) in [5.74, 6) is -0.224. The number of carbonyl (C=O) groups excluding carboxylic acids is 1. The minimum Gasteiger partial charge on any atom is -0.467 e. The number of halogens is 1. The van der Waals surface area contributed by atoms with E-state index >= 15 is 0 Å². The van der Waals surface area contributed by atoms with Gasteiger partial charge in [-0.3, -0.25) is 9.89 Å². The number of aliphatic hydroxyl groups excluding tert-OH is 1. The van der Waals surface area contributed by atoms with Crippen LogP contribution in [-0.2, 0) is 0 Å². The third-order valence-corrected chi connectivity index (χ3v) is 3.84. The van der Waals surface area contributed by atoms with Crippen LogP contribution in [0, 0.1) is 5.82 Å². The molecule has 7 heteroatoms. The molecule has 0 saturated carbocycles. The largest absolute Gasteiger partial charge is 0.467 e. The lowest BCUT2D eigenvalue weighted by molar-refractivity contribution is 0.0904. The van der Waals surface area contributed by atoms with Gasteiger partial charge in [0.15, 0.2) is 0 Å². The molecule has 1 aromatic carbocycles. The molecule has 0 saturated heterocycles. The molecule has 3 rings (SSSR count). The molecule has 1 amide bonds. The van der Waals surface area contributed by atoms with Crippen LogP contribution in [0.25, 0.3) is 11.3 Å². The molecule has 3 aromatic rings. The number of aliphatic hydroxyl groups is 1. The van der Waals surface area contributed by atoms with Crippen LogP contribution in [0.5, 0.6) is 0 Å². The van der Waals surface area contributed by atoms with Crippen molar-refractivity contribution in [1.82, 2.24) is 15.5 Å². The van der Waals surface area contributed by atoms with Gasteiger partial charge in [0.25, 0.3) is 5.91 Å². The third-order valence-electron chi connectivity index (χ3n) is 3.84. The summed E-state index contributed by atoms with van der Waals surface area (Å²) in [6.07, 6.45) is 2.42. The summed E-state index contributed by atoms with van der Waals surface area (Å²) in [5, 5.41) is 19.6. The Morgan fingerprint density at radius 1 is 1.36 bits per heavy atom. The normalized spacial score (nSPS) is 13.4. The molecule has 0 aliphatic rings. The highest BCUT2D eigenvalue weighted by molar-refractivity contribution is 5.99. The van der Waals surface area contributed by atoms with Gasteiger partial charge >= 0.3 is 0 Å². The van der Waals surface area contributed by atoms with E-state index in [9.17, 15) is 14.3 Å². The Morgan fingerprint density at radius 3 is 2.80 bits per heavy atom. The van der Waals surface area contributed by atoms with E-state index in [1.165, 1.54) is 24.6 Å². The first-order valence-electron chi connectivity index (χ1n) is 7.86. The average Bonchev–Trinajstić information content (AvgIpc) is 3.27. The lowest BCUT2D eigenvalue weighted by Gasteiger charge is -2.16. The highest BCUT2D eigenvalue weighted by Gasteiger charge is 2.20. The molecule has 0 spiro atoms. The van der Waals surface area contributed by atoms with Gasteiger partial charge in [-0.2, -0.15) is 5.10 Å². The number of nitrogens with one attached hydrogen (secondary N) is 2. The molecule has 0 aliphatic heterocycles. The number of carbonyl (C=O) groups is 1. The van der Waals surface area contributed by atoms with Gasteiger partial charge < -0.3 is 14.8 Å². The van der Waals surface area contributed by atoms with Crippen LogP contribution < -0.4 is 5.32 Å². The predicted molar refractivity (Wildman–Crippen MR) is 89.2 cm³/mol. The number of aromatic amines is 1. The number of aromatic nitrogens is 2. The molecule has 0 fully saturated rings. The maximum atomic E-state index is 13.1. The molecule has 2 aromatic heterocycles. The molecule has 130 valence electrons. The van der Waals surface area contributed by atoms with Crippen LogP contribution in [0.3, 0.4) is 0 Å². The fourth-order valence-electron chi connectivity index (χ4n) is 2.59. The van der Waals surface area contributed by atoms with Crippen molar-refractivity contribution in [2.24, 2.45) is 0 Å². The van der Waals surface area contributed by atoms with E-state index in [2.05, 4.69) is 15.5 Å². The van der Waals surface area contributed by atoms with Gasteiger partial charge in [-0.05, 0) is 43.3 Å². The molecular weight excluding hydrogens is 325 g/mol. The van der Waals surface area contributed by atoms with Gasteiger partial charge in [0, 0.05) is 18.0 Å². The first kappa shape index (κ1) is 16.9. The smallest absolute Gasteiger partial charge is 0.255 e. The number of furan rings is 1. The standard InChI is InChI=1S/C18H18FN3O3/c1-11(9-15(23)16-3-2-8-25-16)21-18(24)14-10-20-22-17(14)12-4-6-13(19)7-5-12/h2-8,10-11,15,23H,9H2,1H3,(H,20,22)(H,21,24). The number of hydrogen-bond acceptors (Lipinski definition) is 4. The number of amides is 1.